The number of aryl methyl sites for hydroxylation is 1. The van der Waals surface area contributed by atoms with E-state index in [2.05, 4.69) is 29.7 Å². The summed E-state index contributed by atoms with van der Waals surface area (Å²) in [5, 5.41) is 0. The number of nitrogens with one attached hydrogen (secondary N) is 1. The Hall–Kier alpha value is -0.860. The molecule has 1 saturated carbocycles. The summed E-state index contributed by atoms with van der Waals surface area (Å²) in [6.45, 7) is 0. The largest absolute Gasteiger partial charge is 0.271 e. The van der Waals surface area contributed by atoms with Gasteiger partial charge >= 0.3 is 0 Å². The summed E-state index contributed by atoms with van der Waals surface area (Å²) < 4.78 is 0. The molecule has 3 rings (SSSR count). The number of hydrazine groups is 1. The number of hydrogen-bond donors (Lipinski definition) is 2. The summed E-state index contributed by atoms with van der Waals surface area (Å²) >= 11 is 0. The lowest BCUT2D eigenvalue weighted by Crippen LogP contribution is -2.42. The summed E-state index contributed by atoms with van der Waals surface area (Å²) in [4.78, 5) is 0. The van der Waals surface area contributed by atoms with Crippen LogP contribution in [0.5, 0.6) is 0 Å². The van der Waals surface area contributed by atoms with Gasteiger partial charge in [-0.3, -0.25) is 11.3 Å². The van der Waals surface area contributed by atoms with Crippen LogP contribution in [0.4, 0.5) is 0 Å². The Morgan fingerprint density at radius 1 is 1.19 bits per heavy atom. The Morgan fingerprint density at radius 3 is 2.75 bits per heavy atom. The van der Waals surface area contributed by atoms with E-state index in [1.165, 1.54) is 32.1 Å². The van der Waals surface area contributed by atoms with E-state index in [9.17, 15) is 0 Å². The molecular weight excluding hydrogens is 196 g/mol. The number of nitrogens with two attached hydrogens (primary N) is 1. The second kappa shape index (κ2) is 4.19. The molecule has 1 fully saturated rings. The summed E-state index contributed by atoms with van der Waals surface area (Å²) in [6, 6.07) is 9.40. The molecule has 86 valence electrons. The van der Waals surface area contributed by atoms with Crippen molar-refractivity contribution in [3.63, 3.8) is 0 Å². The number of rotatable bonds is 3. The van der Waals surface area contributed by atoms with Crippen molar-refractivity contribution in [3.8, 4) is 0 Å². The molecule has 3 N–H and O–H groups in total. The third-order valence-electron chi connectivity index (χ3n) is 4.17. The molecule has 16 heavy (non-hydrogen) atoms. The maximum Gasteiger partial charge on any atom is 0.0307 e. The van der Waals surface area contributed by atoms with Gasteiger partial charge in [-0.15, -0.1) is 0 Å². The van der Waals surface area contributed by atoms with E-state index >= 15 is 0 Å². The molecular formula is C14H20N2. The normalized spacial score (nSPS) is 26.2. The number of hydrogen-bond acceptors (Lipinski definition) is 2. The van der Waals surface area contributed by atoms with Crippen molar-refractivity contribution in [2.45, 2.75) is 44.1 Å². The van der Waals surface area contributed by atoms with E-state index in [0.29, 0.717) is 12.0 Å². The Morgan fingerprint density at radius 2 is 2.00 bits per heavy atom. The van der Waals surface area contributed by atoms with Crippen LogP contribution in [0, 0.1) is 5.92 Å². The zero-order chi connectivity index (χ0) is 11.0. The summed E-state index contributed by atoms with van der Waals surface area (Å²) in [6.07, 6.45) is 6.56. The van der Waals surface area contributed by atoms with Gasteiger partial charge in [0.1, 0.15) is 0 Å². The third kappa shape index (κ3) is 1.76. The van der Waals surface area contributed by atoms with Crippen molar-refractivity contribution in [1.29, 1.82) is 0 Å². The molecule has 2 nitrogen and oxygen atoms in total. The highest BCUT2D eigenvalue weighted by atomic mass is 15.2. The molecule has 0 aliphatic heterocycles. The molecule has 2 aliphatic carbocycles. The highest BCUT2D eigenvalue weighted by Crippen LogP contribution is 2.43. The molecule has 1 aromatic rings. The van der Waals surface area contributed by atoms with E-state index in [4.69, 9.17) is 5.84 Å². The second-order valence-electron chi connectivity index (χ2n) is 5.23. The van der Waals surface area contributed by atoms with Crippen LogP contribution in [0.2, 0.25) is 0 Å². The van der Waals surface area contributed by atoms with Crippen LogP contribution in [0.1, 0.15) is 42.7 Å². The van der Waals surface area contributed by atoms with Crippen molar-refractivity contribution < 1.29 is 0 Å². The molecule has 2 unspecified atom stereocenters. The standard InChI is InChI=1S/C14H20N2/c15-16-14(11-8-9-11)13-7-3-5-10-4-1-2-6-12(10)13/h1-2,4,6,11,13-14,16H,3,5,7-9,15H2. The average molecular weight is 216 g/mol. The third-order valence-corrected chi connectivity index (χ3v) is 4.17. The smallest absolute Gasteiger partial charge is 0.0307 e. The van der Waals surface area contributed by atoms with Gasteiger partial charge in [0.15, 0.2) is 0 Å². The monoisotopic (exact) mass is 216 g/mol. The molecule has 0 heterocycles. The van der Waals surface area contributed by atoms with Gasteiger partial charge < -0.3 is 0 Å². The lowest BCUT2D eigenvalue weighted by Gasteiger charge is -2.32. The molecule has 0 amide bonds. The van der Waals surface area contributed by atoms with Gasteiger partial charge in [0.2, 0.25) is 0 Å². The first-order valence-corrected chi connectivity index (χ1v) is 6.44. The Labute approximate surface area is 97.2 Å². The Balaban J connectivity index is 1.90. The Kier molecular flexibility index (Phi) is 2.70. The van der Waals surface area contributed by atoms with Gasteiger partial charge in [-0.2, -0.15) is 0 Å². The topological polar surface area (TPSA) is 38.0 Å². The van der Waals surface area contributed by atoms with Crippen LogP contribution in [0.3, 0.4) is 0 Å². The zero-order valence-corrected chi connectivity index (χ0v) is 9.65. The highest BCUT2D eigenvalue weighted by molar-refractivity contribution is 5.34. The first-order chi connectivity index (χ1) is 7.90. The summed E-state index contributed by atoms with van der Waals surface area (Å²) in [5.74, 6) is 7.21. The van der Waals surface area contributed by atoms with Crippen LogP contribution in [0.25, 0.3) is 0 Å². The van der Waals surface area contributed by atoms with Gasteiger partial charge in [-0.05, 0) is 49.1 Å². The first-order valence-electron chi connectivity index (χ1n) is 6.44. The number of fused-ring (bicyclic) bond motifs is 1. The minimum Gasteiger partial charge on any atom is -0.271 e. The average Bonchev–Trinajstić information content (AvgIpc) is 3.15. The summed E-state index contributed by atoms with van der Waals surface area (Å²) in [5.41, 5.74) is 6.16. The van der Waals surface area contributed by atoms with Crippen molar-refractivity contribution >= 4 is 0 Å². The second-order valence-corrected chi connectivity index (χ2v) is 5.23. The van der Waals surface area contributed by atoms with Crippen LogP contribution in [-0.2, 0) is 6.42 Å². The van der Waals surface area contributed by atoms with Gasteiger partial charge in [-0.1, -0.05) is 24.3 Å². The van der Waals surface area contributed by atoms with Gasteiger partial charge in [-0.25, -0.2) is 0 Å². The molecule has 0 saturated heterocycles. The maximum absolute atomic E-state index is 5.75. The fraction of sp³-hybridized carbons (Fsp3) is 0.571. The maximum atomic E-state index is 5.75. The number of benzene rings is 1. The Bertz CT molecular complexity index is 371. The molecule has 0 bridgehead atoms. The van der Waals surface area contributed by atoms with Crippen molar-refractivity contribution in [1.82, 2.24) is 5.43 Å². The molecule has 1 aromatic carbocycles. The molecule has 2 aliphatic rings. The molecule has 0 aromatic heterocycles. The minimum atomic E-state index is 0.501. The SMILES string of the molecule is NNC(C1CC1)C1CCCc2ccccc21. The lowest BCUT2D eigenvalue weighted by molar-refractivity contribution is 0.363. The predicted octanol–water partition coefficient (Wildman–Crippen LogP) is 2.35. The van der Waals surface area contributed by atoms with Crippen LogP contribution < -0.4 is 11.3 Å². The van der Waals surface area contributed by atoms with Gasteiger partial charge in [0.05, 0.1) is 0 Å². The van der Waals surface area contributed by atoms with Crippen LogP contribution >= 0.6 is 0 Å². The molecule has 2 heteroatoms. The lowest BCUT2D eigenvalue weighted by atomic mass is 9.77. The van der Waals surface area contributed by atoms with Gasteiger partial charge in [0.25, 0.3) is 0 Å². The quantitative estimate of drug-likeness (QED) is 0.601. The van der Waals surface area contributed by atoms with E-state index in [1.54, 1.807) is 11.1 Å². The van der Waals surface area contributed by atoms with E-state index in [0.717, 1.165) is 5.92 Å². The van der Waals surface area contributed by atoms with Crippen LogP contribution in [-0.4, -0.2) is 6.04 Å². The fourth-order valence-electron chi connectivity index (χ4n) is 3.20. The minimum absolute atomic E-state index is 0.501. The molecule has 2 atom stereocenters. The van der Waals surface area contributed by atoms with E-state index < -0.39 is 0 Å². The van der Waals surface area contributed by atoms with Crippen LogP contribution in [0.15, 0.2) is 24.3 Å². The predicted molar refractivity (Wildman–Crippen MR) is 66.0 cm³/mol. The zero-order valence-electron chi connectivity index (χ0n) is 9.65. The summed E-state index contributed by atoms with van der Waals surface area (Å²) in [7, 11) is 0. The van der Waals surface area contributed by atoms with Crippen molar-refractivity contribution in [2.75, 3.05) is 0 Å². The highest BCUT2D eigenvalue weighted by Gasteiger charge is 2.37. The van der Waals surface area contributed by atoms with Gasteiger partial charge in [0, 0.05) is 12.0 Å². The molecule has 0 radical (unpaired) electrons. The first kappa shape index (κ1) is 10.3. The van der Waals surface area contributed by atoms with Crippen molar-refractivity contribution in [2.24, 2.45) is 11.8 Å². The molecule has 0 spiro atoms. The fourth-order valence-corrected chi connectivity index (χ4v) is 3.20. The van der Waals surface area contributed by atoms with E-state index in [-0.39, 0.29) is 0 Å². The van der Waals surface area contributed by atoms with Crippen molar-refractivity contribution in [3.05, 3.63) is 35.4 Å². The van der Waals surface area contributed by atoms with E-state index in [1.807, 2.05) is 0 Å².